The molecule has 0 amide bonds. The molecule has 0 N–H and O–H groups in total. The van der Waals surface area contributed by atoms with Crippen molar-refractivity contribution >= 4 is 0 Å². The van der Waals surface area contributed by atoms with Crippen LogP contribution in [0.3, 0.4) is 0 Å². The van der Waals surface area contributed by atoms with Crippen LogP contribution in [0.25, 0.3) is 10.4 Å². The van der Waals surface area contributed by atoms with E-state index >= 15 is 0 Å². The second-order valence-corrected chi connectivity index (χ2v) is 3.63. The van der Waals surface area contributed by atoms with E-state index in [1.54, 1.807) is 0 Å². The van der Waals surface area contributed by atoms with Crippen molar-refractivity contribution in [1.82, 2.24) is 0 Å². The van der Waals surface area contributed by atoms with Crippen LogP contribution in [0.15, 0.2) is 59.7 Å². The highest BCUT2D eigenvalue weighted by Gasteiger charge is 1.95. The van der Waals surface area contributed by atoms with Gasteiger partial charge in [0.2, 0.25) is 0 Å². The second-order valence-electron chi connectivity index (χ2n) is 3.63. The van der Waals surface area contributed by atoms with Crippen LogP contribution < -0.4 is 4.74 Å². The van der Waals surface area contributed by atoms with Crippen molar-refractivity contribution in [3.05, 3.63) is 70.6 Å². The largest absolute Gasteiger partial charge is 0.457 e. The van der Waals surface area contributed by atoms with Crippen molar-refractivity contribution in [2.24, 2.45) is 5.11 Å². The quantitative estimate of drug-likeness (QED) is 0.349. The minimum absolute atomic E-state index is 0.179. The smallest absolute Gasteiger partial charge is 0.127 e. The standard InChI is InChI=1S/C15H11N3O/c16-18-17-12-4-5-13-8-10-15(11-9-13)19-14-6-2-1-3-7-14/h1-3,6-11H,12H2. The van der Waals surface area contributed by atoms with E-state index in [1.807, 2.05) is 54.6 Å². The number of nitrogens with zero attached hydrogens (tertiary/aromatic N) is 3. The third-order valence-electron chi connectivity index (χ3n) is 2.28. The highest BCUT2D eigenvalue weighted by atomic mass is 16.5. The fraction of sp³-hybridized carbons (Fsp3) is 0.0667. The van der Waals surface area contributed by atoms with Gasteiger partial charge >= 0.3 is 0 Å². The van der Waals surface area contributed by atoms with Gasteiger partial charge in [0, 0.05) is 10.5 Å². The lowest BCUT2D eigenvalue weighted by molar-refractivity contribution is 0.482. The molecule has 2 aromatic rings. The normalized spacial score (nSPS) is 8.84. The van der Waals surface area contributed by atoms with Crippen molar-refractivity contribution in [1.29, 1.82) is 0 Å². The Hall–Kier alpha value is -2.89. The second kappa shape index (κ2) is 6.75. The minimum atomic E-state index is 0.179. The molecule has 4 heteroatoms. The summed E-state index contributed by atoms with van der Waals surface area (Å²) in [6.45, 7) is 0.179. The van der Waals surface area contributed by atoms with Crippen molar-refractivity contribution in [2.75, 3.05) is 6.54 Å². The van der Waals surface area contributed by atoms with Crippen LogP contribution in [-0.4, -0.2) is 6.54 Å². The average molecular weight is 249 g/mol. The summed E-state index contributed by atoms with van der Waals surface area (Å²) < 4.78 is 5.66. The lowest BCUT2D eigenvalue weighted by Gasteiger charge is -2.04. The Labute approximate surface area is 111 Å². The molecule has 92 valence electrons. The number of azide groups is 1. The Morgan fingerprint density at radius 2 is 1.68 bits per heavy atom. The third-order valence-corrected chi connectivity index (χ3v) is 2.28. The maximum absolute atomic E-state index is 8.11. The van der Waals surface area contributed by atoms with Crippen LogP contribution in [0.1, 0.15) is 5.56 Å². The zero-order valence-electron chi connectivity index (χ0n) is 10.2. The molecule has 0 aliphatic heterocycles. The third kappa shape index (κ3) is 4.12. The number of rotatable bonds is 3. The summed E-state index contributed by atoms with van der Waals surface area (Å²) in [5.41, 5.74) is 8.97. The van der Waals surface area contributed by atoms with Gasteiger partial charge < -0.3 is 4.74 Å². The SMILES string of the molecule is [N-]=[N+]=NCC#Cc1ccc(Oc2ccccc2)cc1. The Bertz CT molecular complexity index is 633. The number of hydrogen-bond acceptors (Lipinski definition) is 2. The molecule has 0 saturated carbocycles. The Morgan fingerprint density at radius 1 is 1.00 bits per heavy atom. The molecule has 0 aliphatic rings. The van der Waals surface area contributed by atoms with E-state index in [4.69, 9.17) is 10.3 Å². The molecule has 2 rings (SSSR count). The summed E-state index contributed by atoms with van der Waals surface area (Å²) in [7, 11) is 0. The number of para-hydroxylation sites is 1. The van der Waals surface area contributed by atoms with E-state index in [0.717, 1.165) is 17.1 Å². The van der Waals surface area contributed by atoms with Crippen LogP contribution in [0.4, 0.5) is 0 Å². The fourth-order valence-electron chi connectivity index (χ4n) is 1.44. The summed E-state index contributed by atoms with van der Waals surface area (Å²) in [4.78, 5) is 2.63. The molecular weight excluding hydrogens is 238 g/mol. The van der Waals surface area contributed by atoms with E-state index in [-0.39, 0.29) is 6.54 Å². The van der Waals surface area contributed by atoms with E-state index < -0.39 is 0 Å². The van der Waals surface area contributed by atoms with E-state index in [2.05, 4.69) is 21.9 Å². The molecule has 0 spiro atoms. The van der Waals surface area contributed by atoms with Crippen molar-refractivity contribution in [3.8, 4) is 23.3 Å². The molecule has 0 aliphatic carbocycles. The van der Waals surface area contributed by atoms with Crippen LogP contribution in [-0.2, 0) is 0 Å². The zero-order chi connectivity index (χ0) is 13.3. The summed E-state index contributed by atoms with van der Waals surface area (Å²) in [5, 5.41) is 3.34. The summed E-state index contributed by atoms with van der Waals surface area (Å²) in [6.07, 6.45) is 0. The lowest BCUT2D eigenvalue weighted by atomic mass is 10.2. The fourth-order valence-corrected chi connectivity index (χ4v) is 1.44. The molecular formula is C15H11N3O. The molecule has 2 aromatic carbocycles. The summed E-state index contributed by atoms with van der Waals surface area (Å²) in [5.74, 6) is 7.21. The molecule has 4 nitrogen and oxygen atoms in total. The van der Waals surface area contributed by atoms with Crippen molar-refractivity contribution < 1.29 is 4.74 Å². The first-order valence-electron chi connectivity index (χ1n) is 5.71. The number of benzene rings is 2. The van der Waals surface area contributed by atoms with Gasteiger partial charge in [-0.05, 0) is 41.9 Å². The Balaban J connectivity index is 2.02. The van der Waals surface area contributed by atoms with Gasteiger partial charge in [-0.3, -0.25) is 0 Å². The predicted octanol–water partition coefficient (Wildman–Crippen LogP) is 4.14. The Morgan fingerprint density at radius 3 is 2.37 bits per heavy atom. The van der Waals surface area contributed by atoms with E-state index in [0.29, 0.717) is 0 Å². The molecule has 0 heterocycles. The first-order chi connectivity index (χ1) is 9.38. The van der Waals surface area contributed by atoms with Gasteiger partial charge in [-0.25, -0.2) is 0 Å². The van der Waals surface area contributed by atoms with Gasteiger partial charge in [-0.2, -0.15) is 0 Å². The molecule has 0 unspecified atom stereocenters. The van der Waals surface area contributed by atoms with Crippen LogP contribution >= 0.6 is 0 Å². The topological polar surface area (TPSA) is 58.0 Å². The number of hydrogen-bond donors (Lipinski definition) is 0. The van der Waals surface area contributed by atoms with Gasteiger partial charge in [-0.15, -0.1) is 0 Å². The van der Waals surface area contributed by atoms with Crippen LogP contribution in [0.5, 0.6) is 11.5 Å². The molecule has 0 fully saturated rings. The highest BCUT2D eigenvalue weighted by molar-refractivity contribution is 5.40. The molecule has 0 radical (unpaired) electrons. The lowest BCUT2D eigenvalue weighted by Crippen LogP contribution is -1.83. The maximum atomic E-state index is 8.11. The van der Waals surface area contributed by atoms with E-state index in [1.165, 1.54) is 0 Å². The number of ether oxygens (including phenoxy) is 1. The van der Waals surface area contributed by atoms with Gasteiger partial charge in [0.1, 0.15) is 11.5 Å². The molecule has 0 bridgehead atoms. The first kappa shape index (κ1) is 12.6. The van der Waals surface area contributed by atoms with Crippen LogP contribution in [0.2, 0.25) is 0 Å². The minimum Gasteiger partial charge on any atom is -0.457 e. The molecule has 0 saturated heterocycles. The van der Waals surface area contributed by atoms with Gasteiger partial charge in [0.05, 0.1) is 6.54 Å². The van der Waals surface area contributed by atoms with Gasteiger partial charge in [0.25, 0.3) is 0 Å². The average Bonchev–Trinajstić information content (AvgIpc) is 2.46. The molecule has 0 atom stereocenters. The van der Waals surface area contributed by atoms with E-state index in [9.17, 15) is 0 Å². The monoisotopic (exact) mass is 249 g/mol. The molecule has 0 aromatic heterocycles. The summed E-state index contributed by atoms with van der Waals surface area (Å²) >= 11 is 0. The first-order valence-corrected chi connectivity index (χ1v) is 5.71. The van der Waals surface area contributed by atoms with Gasteiger partial charge in [-0.1, -0.05) is 35.2 Å². The zero-order valence-corrected chi connectivity index (χ0v) is 10.2. The summed E-state index contributed by atoms with van der Waals surface area (Å²) in [6, 6.07) is 17.0. The van der Waals surface area contributed by atoms with Crippen molar-refractivity contribution in [2.45, 2.75) is 0 Å². The van der Waals surface area contributed by atoms with Crippen LogP contribution in [0, 0.1) is 11.8 Å². The maximum Gasteiger partial charge on any atom is 0.127 e. The highest BCUT2D eigenvalue weighted by Crippen LogP contribution is 2.20. The van der Waals surface area contributed by atoms with Gasteiger partial charge in [0.15, 0.2) is 0 Å². The predicted molar refractivity (Wildman–Crippen MR) is 73.8 cm³/mol. The Kier molecular flexibility index (Phi) is 4.46. The van der Waals surface area contributed by atoms with Crippen molar-refractivity contribution in [3.63, 3.8) is 0 Å². The molecule has 19 heavy (non-hydrogen) atoms.